The second kappa shape index (κ2) is 4.88. The van der Waals surface area contributed by atoms with Crippen LogP contribution in [0.4, 0.5) is 10.5 Å². The second-order valence-electron chi connectivity index (χ2n) is 4.66. The van der Waals surface area contributed by atoms with E-state index in [2.05, 4.69) is 10.3 Å². The van der Waals surface area contributed by atoms with Gasteiger partial charge in [0, 0.05) is 31.0 Å². The van der Waals surface area contributed by atoms with Crippen LogP contribution in [-0.4, -0.2) is 35.8 Å². The van der Waals surface area contributed by atoms with Gasteiger partial charge in [0.1, 0.15) is 5.75 Å². The van der Waals surface area contributed by atoms with E-state index in [0.717, 1.165) is 17.1 Å². The first kappa shape index (κ1) is 12.5. The summed E-state index contributed by atoms with van der Waals surface area (Å²) in [5, 5.41) is 2.79. The Labute approximate surface area is 117 Å². The van der Waals surface area contributed by atoms with E-state index in [4.69, 9.17) is 4.74 Å². The topological polar surface area (TPSA) is 59.4 Å². The fourth-order valence-corrected chi connectivity index (χ4v) is 2.32. The predicted molar refractivity (Wildman–Crippen MR) is 75.6 cm³/mol. The number of hydrogen-bond donors (Lipinski definition) is 1. The van der Waals surface area contributed by atoms with Crippen molar-refractivity contribution >= 4 is 11.7 Å². The molecule has 1 fully saturated rings. The van der Waals surface area contributed by atoms with Crippen molar-refractivity contribution < 1.29 is 9.53 Å². The summed E-state index contributed by atoms with van der Waals surface area (Å²) < 4.78 is 7.34. The number of nitrogens with zero attached hydrogens (tertiary/aromatic N) is 3. The van der Waals surface area contributed by atoms with Gasteiger partial charge in [0.2, 0.25) is 0 Å². The molecule has 6 heteroatoms. The zero-order chi connectivity index (χ0) is 14.1. The molecule has 20 heavy (non-hydrogen) atoms. The third-order valence-electron chi connectivity index (χ3n) is 3.32. The van der Waals surface area contributed by atoms with E-state index in [1.54, 1.807) is 18.3 Å². The number of carbonyl (C=O) groups is 1. The van der Waals surface area contributed by atoms with E-state index < -0.39 is 0 Å². The fraction of sp³-hybridized carbons (Fsp3) is 0.286. The molecule has 1 aliphatic heterocycles. The maximum Gasteiger partial charge on any atom is 0.321 e. The summed E-state index contributed by atoms with van der Waals surface area (Å²) in [6, 6.07) is 5.65. The van der Waals surface area contributed by atoms with E-state index in [1.165, 1.54) is 0 Å². The summed E-state index contributed by atoms with van der Waals surface area (Å²) in [4.78, 5) is 17.6. The Balaban J connectivity index is 1.99. The quantitative estimate of drug-likeness (QED) is 0.925. The third-order valence-corrected chi connectivity index (χ3v) is 3.32. The van der Waals surface area contributed by atoms with Crippen molar-refractivity contribution in [3.05, 3.63) is 36.4 Å². The summed E-state index contributed by atoms with van der Waals surface area (Å²) in [5.74, 6) is 0.708. The van der Waals surface area contributed by atoms with Crippen LogP contribution in [0.3, 0.4) is 0 Å². The molecule has 1 N–H and O–H groups in total. The van der Waals surface area contributed by atoms with Gasteiger partial charge in [-0.2, -0.15) is 0 Å². The number of imidazole rings is 1. The lowest BCUT2D eigenvalue weighted by Crippen LogP contribution is -2.27. The average molecular weight is 272 g/mol. The van der Waals surface area contributed by atoms with Gasteiger partial charge in [0.05, 0.1) is 24.8 Å². The van der Waals surface area contributed by atoms with Crippen molar-refractivity contribution in [3.63, 3.8) is 0 Å². The molecule has 104 valence electrons. The number of aryl methyl sites for hydroxylation is 1. The fourth-order valence-electron chi connectivity index (χ4n) is 2.32. The van der Waals surface area contributed by atoms with E-state index >= 15 is 0 Å². The smallest absolute Gasteiger partial charge is 0.321 e. The van der Waals surface area contributed by atoms with Crippen LogP contribution in [0.1, 0.15) is 5.69 Å². The van der Waals surface area contributed by atoms with Gasteiger partial charge in [-0.25, -0.2) is 9.78 Å². The third kappa shape index (κ3) is 2.09. The number of hydrogen-bond acceptors (Lipinski definition) is 3. The average Bonchev–Trinajstić information content (AvgIpc) is 3.06. The zero-order valence-electron chi connectivity index (χ0n) is 11.5. The summed E-state index contributed by atoms with van der Waals surface area (Å²) in [6.45, 7) is 3.28. The minimum Gasteiger partial charge on any atom is -0.494 e. The molecule has 2 amide bonds. The SMILES string of the molecule is COc1cc(N2CCNC2=O)ccc1-n1cnc(C)c1. The van der Waals surface area contributed by atoms with Gasteiger partial charge in [-0.1, -0.05) is 0 Å². The summed E-state index contributed by atoms with van der Waals surface area (Å²) >= 11 is 0. The van der Waals surface area contributed by atoms with Crippen molar-refractivity contribution in [1.82, 2.24) is 14.9 Å². The molecule has 0 atom stereocenters. The highest BCUT2D eigenvalue weighted by Gasteiger charge is 2.22. The lowest BCUT2D eigenvalue weighted by molar-refractivity contribution is 0.252. The number of urea groups is 1. The predicted octanol–water partition coefficient (Wildman–Crippen LogP) is 1.72. The maximum absolute atomic E-state index is 11.7. The lowest BCUT2D eigenvalue weighted by Gasteiger charge is -2.17. The number of aromatic nitrogens is 2. The number of rotatable bonds is 3. The largest absolute Gasteiger partial charge is 0.494 e. The van der Waals surface area contributed by atoms with Gasteiger partial charge in [-0.05, 0) is 19.1 Å². The molecule has 1 aromatic heterocycles. The molecule has 0 saturated carbocycles. The highest BCUT2D eigenvalue weighted by molar-refractivity contribution is 5.94. The van der Waals surface area contributed by atoms with Crippen molar-refractivity contribution in [1.29, 1.82) is 0 Å². The number of ether oxygens (including phenoxy) is 1. The number of anilines is 1. The first-order chi connectivity index (χ1) is 9.69. The number of carbonyl (C=O) groups excluding carboxylic acids is 1. The lowest BCUT2D eigenvalue weighted by atomic mass is 10.2. The highest BCUT2D eigenvalue weighted by Crippen LogP contribution is 2.29. The minimum atomic E-state index is -0.0710. The number of benzene rings is 1. The van der Waals surface area contributed by atoms with Crippen LogP contribution in [0, 0.1) is 6.92 Å². The summed E-state index contributed by atoms with van der Waals surface area (Å²) in [5.41, 5.74) is 2.67. The van der Waals surface area contributed by atoms with Gasteiger partial charge >= 0.3 is 6.03 Å². The van der Waals surface area contributed by atoms with Crippen molar-refractivity contribution in [2.45, 2.75) is 6.92 Å². The molecule has 2 heterocycles. The summed E-state index contributed by atoms with van der Waals surface area (Å²) in [7, 11) is 1.62. The van der Waals surface area contributed by atoms with E-state index in [-0.39, 0.29) is 6.03 Å². The second-order valence-corrected chi connectivity index (χ2v) is 4.66. The van der Waals surface area contributed by atoms with Crippen LogP contribution >= 0.6 is 0 Å². The van der Waals surface area contributed by atoms with Crippen LogP contribution in [-0.2, 0) is 0 Å². The van der Waals surface area contributed by atoms with Gasteiger partial charge in [-0.15, -0.1) is 0 Å². The molecule has 0 unspecified atom stereocenters. The Morgan fingerprint density at radius 3 is 2.85 bits per heavy atom. The number of amides is 2. The van der Waals surface area contributed by atoms with Crippen molar-refractivity contribution in [2.24, 2.45) is 0 Å². The Morgan fingerprint density at radius 1 is 1.40 bits per heavy atom. The zero-order valence-corrected chi connectivity index (χ0v) is 11.5. The Hall–Kier alpha value is -2.50. The van der Waals surface area contributed by atoms with Crippen LogP contribution in [0.15, 0.2) is 30.7 Å². The van der Waals surface area contributed by atoms with Gasteiger partial charge in [0.15, 0.2) is 0 Å². The Bertz CT molecular complexity index is 650. The van der Waals surface area contributed by atoms with Gasteiger partial charge in [0.25, 0.3) is 0 Å². The van der Waals surface area contributed by atoms with Crippen LogP contribution < -0.4 is 15.0 Å². The molecule has 0 aliphatic carbocycles. The molecule has 6 nitrogen and oxygen atoms in total. The normalized spacial score (nSPS) is 14.5. The Kier molecular flexibility index (Phi) is 3.06. The van der Waals surface area contributed by atoms with E-state index in [0.29, 0.717) is 18.8 Å². The molecule has 2 aromatic rings. The molecule has 1 aliphatic rings. The Morgan fingerprint density at radius 2 is 2.25 bits per heavy atom. The molecule has 1 aromatic carbocycles. The van der Waals surface area contributed by atoms with Gasteiger partial charge < -0.3 is 14.6 Å². The number of nitrogens with one attached hydrogen (secondary N) is 1. The summed E-state index contributed by atoms with van der Waals surface area (Å²) in [6.07, 6.45) is 3.68. The number of methoxy groups -OCH3 is 1. The highest BCUT2D eigenvalue weighted by atomic mass is 16.5. The molecule has 0 bridgehead atoms. The van der Waals surface area contributed by atoms with Crippen LogP contribution in [0.5, 0.6) is 5.75 Å². The molecule has 0 spiro atoms. The molecular weight excluding hydrogens is 256 g/mol. The van der Waals surface area contributed by atoms with Crippen molar-refractivity contribution in [3.8, 4) is 11.4 Å². The molecular formula is C14H16N4O2. The maximum atomic E-state index is 11.7. The van der Waals surface area contributed by atoms with E-state index in [1.807, 2.05) is 35.9 Å². The molecule has 1 saturated heterocycles. The van der Waals surface area contributed by atoms with Crippen LogP contribution in [0.2, 0.25) is 0 Å². The van der Waals surface area contributed by atoms with Gasteiger partial charge in [-0.3, -0.25) is 4.90 Å². The van der Waals surface area contributed by atoms with Crippen LogP contribution in [0.25, 0.3) is 5.69 Å². The minimum absolute atomic E-state index is 0.0710. The molecule has 3 rings (SSSR count). The van der Waals surface area contributed by atoms with Crippen molar-refractivity contribution in [2.75, 3.05) is 25.1 Å². The first-order valence-electron chi connectivity index (χ1n) is 6.43. The monoisotopic (exact) mass is 272 g/mol. The molecule has 0 radical (unpaired) electrons. The first-order valence-corrected chi connectivity index (χ1v) is 6.43. The standard InChI is InChI=1S/C14H16N4O2/c1-10-8-17(9-16-10)12-4-3-11(7-13(12)20-2)18-6-5-15-14(18)19/h3-4,7-9H,5-6H2,1-2H3,(H,15,19). The van der Waals surface area contributed by atoms with E-state index in [9.17, 15) is 4.79 Å².